The van der Waals surface area contributed by atoms with Crippen LogP contribution in [0.15, 0.2) is 24.3 Å². The molecule has 4 heteroatoms. The summed E-state index contributed by atoms with van der Waals surface area (Å²) in [5.74, 6) is 0.106. The Bertz CT molecular complexity index is 384. The van der Waals surface area contributed by atoms with E-state index in [-0.39, 0.29) is 12.2 Å². The van der Waals surface area contributed by atoms with Crippen LogP contribution >= 0.6 is 0 Å². The molecular formula is C12H14O4. The molecule has 0 saturated carbocycles. The Morgan fingerprint density at radius 1 is 1.19 bits per heavy atom. The third-order valence-electron chi connectivity index (χ3n) is 2.03. The number of carbonyl (C=O) groups is 2. The van der Waals surface area contributed by atoms with Gasteiger partial charge in [-0.1, -0.05) is 19.1 Å². The van der Waals surface area contributed by atoms with Gasteiger partial charge in [-0.2, -0.15) is 0 Å². The van der Waals surface area contributed by atoms with Gasteiger partial charge in [0.15, 0.2) is 11.5 Å². The van der Waals surface area contributed by atoms with Crippen molar-refractivity contribution >= 4 is 11.8 Å². The molecule has 1 aromatic carbocycles. The SMILES string of the molecule is CCC(=O)CC(=O)Oc1ccccc1OC. The van der Waals surface area contributed by atoms with Gasteiger partial charge in [0.2, 0.25) is 0 Å². The third-order valence-corrected chi connectivity index (χ3v) is 2.03. The molecule has 0 amide bonds. The molecular weight excluding hydrogens is 208 g/mol. The van der Waals surface area contributed by atoms with Crippen molar-refractivity contribution in [2.75, 3.05) is 7.11 Å². The first-order valence-electron chi connectivity index (χ1n) is 5.02. The van der Waals surface area contributed by atoms with Gasteiger partial charge in [-0.05, 0) is 12.1 Å². The van der Waals surface area contributed by atoms with Gasteiger partial charge in [-0.15, -0.1) is 0 Å². The van der Waals surface area contributed by atoms with E-state index in [1.165, 1.54) is 7.11 Å². The molecule has 0 heterocycles. The highest BCUT2D eigenvalue weighted by atomic mass is 16.6. The molecule has 1 rings (SSSR count). The minimum absolute atomic E-state index is 0.139. The smallest absolute Gasteiger partial charge is 0.318 e. The molecule has 0 aromatic heterocycles. The molecule has 0 fully saturated rings. The molecule has 0 radical (unpaired) electrons. The van der Waals surface area contributed by atoms with Crippen molar-refractivity contribution < 1.29 is 19.1 Å². The molecule has 0 saturated heterocycles. The van der Waals surface area contributed by atoms with E-state index in [0.29, 0.717) is 17.9 Å². The first kappa shape index (κ1) is 12.2. The fourth-order valence-corrected chi connectivity index (χ4v) is 1.15. The zero-order valence-corrected chi connectivity index (χ0v) is 9.36. The molecule has 0 unspecified atom stereocenters. The number of ether oxygens (including phenoxy) is 2. The Morgan fingerprint density at radius 3 is 2.38 bits per heavy atom. The number of esters is 1. The van der Waals surface area contributed by atoms with Crippen LogP contribution in [0.5, 0.6) is 11.5 Å². The molecule has 0 aliphatic heterocycles. The van der Waals surface area contributed by atoms with Gasteiger partial charge < -0.3 is 9.47 Å². The highest BCUT2D eigenvalue weighted by Crippen LogP contribution is 2.26. The summed E-state index contributed by atoms with van der Waals surface area (Å²) in [5, 5.41) is 0. The highest BCUT2D eigenvalue weighted by Gasteiger charge is 2.12. The van der Waals surface area contributed by atoms with Crippen molar-refractivity contribution in [2.45, 2.75) is 19.8 Å². The fraction of sp³-hybridized carbons (Fsp3) is 0.333. The van der Waals surface area contributed by atoms with Crippen molar-refractivity contribution in [1.82, 2.24) is 0 Å². The normalized spacial score (nSPS) is 9.62. The number of hydrogen-bond acceptors (Lipinski definition) is 4. The van der Waals surface area contributed by atoms with Crippen LogP contribution in [0, 0.1) is 0 Å². The van der Waals surface area contributed by atoms with Crippen LogP contribution in [-0.4, -0.2) is 18.9 Å². The summed E-state index contributed by atoms with van der Waals surface area (Å²) in [4.78, 5) is 22.4. The van der Waals surface area contributed by atoms with E-state index in [1.54, 1.807) is 31.2 Å². The lowest BCUT2D eigenvalue weighted by atomic mass is 10.2. The standard InChI is InChI=1S/C12H14O4/c1-3-9(13)8-12(14)16-11-7-5-4-6-10(11)15-2/h4-7H,3,8H2,1-2H3. The molecule has 0 N–H and O–H groups in total. The lowest BCUT2D eigenvalue weighted by Gasteiger charge is -2.07. The maximum absolute atomic E-state index is 11.4. The van der Waals surface area contributed by atoms with Gasteiger partial charge in [0.25, 0.3) is 0 Å². The predicted molar refractivity (Wildman–Crippen MR) is 58.5 cm³/mol. The average molecular weight is 222 g/mol. The number of carbonyl (C=O) groups excluding carboxylic acids is 2. The first-order valence-corrected chi connectivity index (χ1v) is 5.02. The summed E-state index contributed by atoms with van der Waals surface area (Å²) in [6, 6.07) is 6.80. The van der Waals surface area contributed by atoms with Crippen molar-refractivity contribution in [1.29, 1.82) is 0 Å². The molecule has 0 bridgehead atoms. The molecule has 0 spiro atoms. The molecule has 86 valence electrons. The third kappa shape index (κ3) is 3.38. The van der Waals surface area contributed by atoms with Crippen LogP contribution in [0.1, 0.15) is 19.8 Å². The second kappa shape index (κ2) is 5.90. The van der Waals surface area contributed by atoms with Crippen molar-refractivity contribution in [3.05, 3.63) is 24.3 Å². The summed E-state index contributed by atoms with van der Waals surface area (Å²) in [7, 11) is 1.49. The number of methoxy groups -OCH3 is 1. The quantitative estimate of drug-likeness (QED) is 0.434. The topological polar surface area (TPSA) is 52.6 Å². The van der Waals surface area contributed by atoms with Crippen LogP contribution in [0.3, 0.4) is 0 Å². The summed E-state index contributed by atoms with van der Waals surface area (Å²) < 4.78 is 10.0. The fourth-order valence-electron chi connectivity index (χ4n) is 1.15. The van der Waals surface area contributed by atoms with Gasteiger partial charge in [-0.3, -0.25) is 9.59 Å². The monoisotopic (exact) mass is 222 g/mol. The number of hydrogen-bond donors (Lipinski definition) is 0. The van der Waals surface area contributed by atoms with Crippen LogP contribution in [0.2, 0.25) is 0 Å². The number of para-hydroxylation sites is 2. The van der Waals surface area contributed by atoms with Gasteiger partial charge in [0, 0.05) is 6.42 Å². The summed E-state index contributed by atoms with van der Waals surface area (Å²) in [5.41, 5.74) is 0. The Balaban J connectivity index is 2.65. The number of rotatable bonds is 5. The van der Waals surface area contributed by atoms with E-state index >= 15 is 0 Å². The summed E-state index contributed by atoms with van der Waals surface area (Å²) in [6.45, 7) is 1.71. The van der Waals surface area contributed by atoms with Gasteiger partial charge in [-0.25, -0.2) is 0 Å². The van der Waals surface area contributed by atoms with E-state index in [2.05, 4.69) is 0 Å². The van der Waals surface area contributed by atoms with E-state index in [0.717, 1.165) is 0 Å². The minimum atomic E-state index is -0.559. The molecule has 0 aliphatic rings. The average Bonchev–Trinajstić information content (AvgIpc) is 2.29. The van der Waals surface area contributed by atoms with Gasteiger partial charge in [0.05, 0.1) is 7.11 Å². The Hall–Kier alpha value is -1.84. The summed E-state index contributed by atoms with van der Waals surface area (Å²) >= 11 is 0. The van der Waals surface area contributed by atoms with E-state index in [4.69, 9.17) is 9.47 Å². The lowest BCUT2D eigenvalue weighted by Crippen LogP contribution is -2.13. The van der Waals surface area contributed by atoms with Gasteiger partial charge in [0.1, 0.15) is 12.2 Å². The predicted octanol–water partition coefficient (Wildman–Crippen LogP) is 1.97. The number of Topliss-reactive ketones (excluding diaryl/α,β-unsaturated/α-hetero) is 1. The highest BCUT2D eigenvalue weighted by molar-refractivity contribution is 5.96. The van der Waals surface area contributed by atoms with E-state index in [9.17, 15) is 9.59 Å². The zero-order chi connectivity index (χ0) is 12.0. The Labute approximate surface area is 94.2 Å². The molecule has 1 aromatic rings. The van der Waals surface area contributed by atoms with Gasteiger partial charge >= 0.3 is 5.97 Å². The molecule has 4 nitrogen and oxygen atoms in total. The maximum Gasteiger partial charge on any atom is 0.318 e. The molecule has 0 aliphatic carbocycles. The molecule has 0 atom stereocenters. The summed E-state index contributed by atoms with van der Waals surface area (Å²) in [6.07, 6.45) is 0.134. The maximum atomic E-state index is 11.4. The van der Waals surface area contributed by atoms with E-state index in [1.807, 2.05) is 0 Å². The second-order valence-corrected chi connectivity index (χ2v) is 3.19. The lowest BCUT2D eigenvalue weighted by molar-refractivity contribution is -0.138. The van der Waals surface area contributed by atoms with Crippen molar-refractivity contribution in [3.8, 4) is 11.5 Å². The van der Waals surface area contributed by atoms with Crippen molar-refractivity contribution in [2.24, 2.45) is 0 Å². The van der Waals surface area contributed by atoms with Crippen LogP contribution in [0.4, 0.5) is 0 Å². The van der Waals surface area contributed by atoms with E-state index < -0.39 is 5.97 Å². The largest absolute Gasteiger partial charge is 0.493 e. The Morgan fingerprint density at radius 2 is 1.81 bits per heavy atom. The first-order chi connectivity index (χ1) is 7.67. The number of ketones is 1. The van der Waals surface area contributed by atoms with Crippen molar-refractivity contribution in [3.63, 3.8) is 0 Å². The second-order valence-electron chi connectivity index (χ2n) is 3.19. The van der Waals surface area contributed by atoms with Crippen LogP contribution in [0.25, 0.3) is 0 Å². The van der Waals surface area contributed by atoms with Crippen LogP contribution < -0.4 is 9.47 Å². The number of benzene rings is 1. The molecule has 16 heavy (non-hydrogen) atoms. The zero-order valence-electron chi connectivity index (χ0n) is 9.36. The Kier molecular flexibility index (Phi) is 4.51. The van der Waals surface area contributed by atoms with Crippen LogP contribution in [-0.2, 0) is 9.59 Å². The minimum Gasteiger partial charge on any atom is -0.493 e.